The Morgan fingerprint density at radius 3 is 1.57 bits per heavy atom. The van der Waals surface area contributed by atoms with Gasteiger partial charge in [0.05, 0.1) is 19.0 Å². The summed E-state index contributed by atoms with van der Waals surface area (Å²) in [6, 6.07) is 0.579. The van der Waals surface area contributed by atoms with Crippen molar-refractivity contribution < 1.29 is 19.4 Å². The zero-order chi connectivity index (χ0) is 38.3. The molecular weight excluding hydrogens is 657 g/mol. The normalized spacial score (nSPS) is 14.6. The molecule has 6 heteroatoms. The predicted octanol–water partition coefficient (Wildman–Crippen LogP) is 14.1. The molecule has 0 fully saturated rings. The molecule has 0 saturated carbocycles. The molecule has 6 nitrogen and oxygen atoms in total. The molecule has 0 aliphatic carbocycles. The molecule has 0 aromatic heterocycles. The number of esters is 1. The Kier molecular flexibility index (Phi) is 35.2. The first-order valence-corrected chi connectivity index (χ1v) is 23.0. The molecule has 53 heavy (non-hydrogen) atoms. The van der Waals surface area contributed by atoms with Gasteiger partial charge in [0.1, 0.15) is 0 Å². The van der Waals surface area contributed by atoms with Crippen molar-refractivity contribution in [2.24, 2.45) is 4.99 Å². The van der Waals surface area contributed by atoms with E-state index in [1.807, 2.05) is 0 Å². The van der Waals surface area contributed by atoms with Crippen molar-refractivity contribution in [1.29, 1.82) is 0 Å². The molecule has 0 amide bonds. The number of carboxylic acid groups (broad SMARTS) is 1. The minimum Gasteiger partial charge on any atom is -0.481 e. The average Bonchev–Trinajstić information content (AvgIpc) is 3.50. The van der Waals surface area contributed by atoms with E-state index in [-0.39, 0.29) is 5.97 Å². The standard InChI is InChI=1S/C47H86N2O4/c1-3-4-5-6-32-37-42-53-47(52)40-35-30-26-22-18-14-8-7-11-15-19-23-27-31-36-41-49-44(2)43-48-45(49)38-33-28-24-20-16-12-9-10-13-17-21-25-29-34-39-46(50)51/h7-10,44H,3-6,11-43H2,1-2H3,(H,50,51). The third kappa shape index (κ3) is 33.0. The number of allylic oxidation sites excluding steroid dienone is 4. The highest BCUT2D eigenvalue weighted by Crippen LogP contribution is 2.18. The summed E-state index contributed by atoms with van der Waals surface area (Å²) in [5.41, 5.74) is 0. The Labute approximate surface area is 328 Å². The topological polar surface area (TPSA) is 79.2 Å². The molecule has 0 aromatic carbocycles. The number of rotatable bonds is 40. The zero-order valence-corrected chi connectivity index (χ0v) is 35.1. The van der Waals surface area contributed by atoms with Crippen LogP contribution in [-0.2, 0) is 14.3 Å². The zero-order valence-electron chi connectivity index (χ0n) is 35.1. The number of amidine groups is 1. The minimum atomic E-state index is -0.669. The van der Waals surface area contributed by atoms with Crippen LogP contribution in [-0.4, -0.2) is 53.5 Å². The maximum atomic E-state index is 11.9. The van der Waals surface area contributed by atoms with Crippen molar-refractivity contribution in [2.75, 3.05) is 19.7 Å². The van der Waals surface area contributed by atoms with Gasteiger partial charge in [-0.05, 0) is 90.4 Å². The number of carboxylic acids is 1. The monoisotopic (exact) mass is 743 g/mol. The van der Waals surface area contributed by atoms with Gasteiger partial charge in [-0.2, -0.15) is 0 Å². The summed E-state index contributed by atoms with van der Waals surface area (Å²) >= 11 is 0. The van der Waals surface area contributed by atoms with Crippen LogP contribution in [0.4, 0.5) is 0 Å². The van der Waals surface area contributed by atoms with Crippen LogP contribution in [0, 0.1) is 0 Å². The van der Waals surface area contributed by atoms with Crippen LogP contribution in [0.15, 0.2) is 29.3 Å². The van der Waals surface area contributed by atoms with Gasteiger partial charge in [-0.1, -0.05) is 147 Å². The summed E-state index contributed by atoms with van der Waals surface area (Å²) in [5, 5.41) is 8.68. The highest BCUT2D eigenvalue weighted by Gasteiger charge is 2.22. The maximum Gasteiger partial charge on any atom is 0.305 e. The molecule has 0 radical (unpaired) electrons. The first kappa shape index (κ1) is 48.9. The van der Waals surface area contributed by atoms with Gasteiger partial charge < -0.3 is 14.7 Å². The van der Waals surface area contributed by atoms with Gasteiger partial charge >= 0.3 is 11.9 Å². The summed E-state index contributed by atoms with van der Waals surface area (Å²) in [4.78, 5) is 29.9. The van der Waals surface area contributed by atoms with E-state index < -0.39 is 5.97 Å². The Morgan fingerprint density at radius 2 is 1.04 bits per heavy atom. The maximum absolute atomic E-state index is 11.9. The highest BCUT2D eigenvalue weighted by molar-refractivity contribution is 5.84. The molecule has 1 rings (SSSR count). The fourth-order valence-electron chi connectivity index (χ4n) is 7.32. The van der Waals surface area contributed by atoms with Crippen LogP contribution in [0.5, 0.6) is 0 Å². The Bertz CT molecular complexity index is 930. The van der Waals surface area contributed by atoms with Crippen LogP contribution >= 0.6 is 0 Å². The predicted molar refractivity (Wildman–Crippen MR) is 228 cm³/mol. The average molecular weight is 743 g/mol. The molecule has 0 spiro atoms. The largest absolute Gasteiger partial charge is 0.481 e. The summed E-state index contributed by atoms with van der Waals surface area (Å²) in [6.45, 7) is 7.36. The Balaban J connectivity index is 1.86. The Hall–Kier alpha value is -2.11. The fraction of sp³-hybridized carbons (Fsp3) is 0.851. The molecule has 1 aliphatic heterocycles. The molecule has 1 atom stereocenters. The number of carbonyl (C=O) groups is 2. The van der Waals surface area contributed by atoms with Crippen molar-refractivity contribution in [3.63, 3.8) is 0 Å². The third-order valence-electron chi connectivity index (χ3n) is 10.8. The van der Waals surface area contributed by atoms with Crippen molar-refractivity contribution in [2.45, 2.75) is 238 Å². The molecule has 1 aliphatic rings. The lowest BCUT2D eigenvalue weighted by Gasteiger charge is -2.25. The van der Waals surface area contributed by atoms with Gasteiger partial charge in [0.2, 0.25) is 0 Å². The molecule has 308 valence electrons. The van der Waals surface area contributed by atoms with Crippen LogP contribution < -0.4 is 0 Å². The van der Waals surface area contributed by atoms with E-state index in [1.165, 1.54) is 173 Å². The fourth-order valence-corrected chi connectivity index (χ4v) is 7.32. The van der Waals surface area contributed by atoms with Crippen molar-refractivity contribution in [3.05, 3.63) is 24.3 Å². The first-order chi connectivity index (χ1) is 26.0. The first-order valence-electron chi connectivity index (χ1n) is 23.0. The van der Waals surface area contributed by atoms with E-state index in [0.717, 1.165) is 51.5 Å². The molecule has 1 N–H and O–H groups in total. The van der Waals surface area contributed by atoms with Crippen molar-refractivity contribution in [3.8, 4) is 0 Å². The van der Waals surface area contributed by atoms with Gasteiger partial charge in [-0.25, -0.2) is 0 Å². The molecule has 1 heterocycles. The second kappa shape index (κ2) is 38.2. The van der Waals surface area contributed by atoms with Crippen LogP contribution in [0.3, 0.4) is 0 Å². The lowest BCUT2D eigenvalue weighted by atomic mass is 10.1. The number of carbonyl (C=O) groups excluding carboxylic acids is 1. The molecule has 0 saturated heterocycles. The van der Waals surface area contributed by atoms with Gasteiger partial charge in [0.25, 0.3) is 0 Å². The summed E-state index contributed by atoms with van der Waals surface area (Å²) in [7, 11) is 0. The molecule has 1 unspecified atom stereocenters. The lowest BCUT2D eigenvalue weighted by molar-refractivity contribution is -0.144. The number of aliphatic carboxylic acids is 1. The van der Waals surface area contributed by atoms with Crippen LogP contribution in [0.1, 0.15) is 232 Å². The van der Waals surface area contributed by atoms with E-state index >= 15 is 0 Å². The van der Waals surface area contributed by atoms with E-state index in [2.05, 4.69) is 43.1 Å². The summed E-state index contributed by atoms with van der Waals surface area (Å²) < 4.78 is 5.38. The number of unbranched alkanes of at least 4 members (excludes halogenated alkanes) is 26. The minimum absolute atomic E-state index is 0.000585. The second-order valence-electron chi connectivity index (χ2n) is 16.0. The van der Waals surface area contributed by atoms with Gasteiger partial charge in [-0.3, -0.25) is 14.6 Å². The lowest BCUT2D eigenvalue weighted by Crippen LogP contribution is -2.35. The third-order valence-corrected chi connectivity index (χ3v) is 10.8. The number of hydrogen-bond donors (Lipinski definition) is 1. The molecule has 0 aromatic rings. The number of hydrogen-bond acceptors (Lipinski definition) is 5. The Morgan fingerprint density at radius 1 is 0.604 bits per heavy atom. The molecule has 0 bridgehead atoms. The summed E-state index contributed by atoms with van der Waals surface area (Å²) in [5.74, 6) is 0.710. The van der Waals surface area contributed by atoms with E-state index in [4.69, 9.17) is 14.8 Å². The second-order valence-corrected chi connectivity index (χ2v) is 16.0. The van der Waals surface area contributed by atoms with Crippen LogP contribution in [0.2, 0.25) is 0 Å². The van der Waals surface area contributed by atoms with E-state index in [0.29, 0.717) is 25.5 Å². The quantitative estimate of drug-likeness (QED) is 0.0384. The molecular formula is C47H86N2O4. The summed E-state index contributed by atoms with van der Waals surface area (Å²) in [6.07, 6.45) is 49.7. The SMILES string of the molecule is CCCCCCCCOC(=O)CCCCCCCC=CCCCCCCCCN1C(CCCCCCCC=CCCCCCCCC(=O)O)=NCC1C. The van der Waals surface area contributed by atoms with E-state index in [9.17, 15) is 9.59 Å². The van der Waals surface area contributed by atoms with Gasteiger partial charge in [-0.15, -0.1) is 0 Å². The van der Waals surface area contributed by atoms with Crippen molar-refractivity contribution >= 4 is 17.8 Å². The highest BCUT2D eigenvalue weighted by atomic mass is 16.5. The van der Waals surface area contributed by atoms with Crippen LogP contribution in [0.25, 0.3) is 0 Å². The van der Waals surface area contributed by atoms with Gasteiger partial charge in [0.15, 0.2) is 0 Å². The van der Waals surface area contributed by atoms with E-state index in [1.54, 1.807) is 0 Å². The van der Waals surface area contributed by atoms with Crippen molar-refractivity contribution in [1.82, 2.24) is 4.90 Å². The van der Waals surface area contributed by atoms with Gasteiger partial charge in [0, 0.05) is 31.8 Å². The number of ether oxygens (including phenoxy) is 1. The number of aliphatic imine (C=N–C) groups is 1. The number of nitrogens with zero attached hydrogens (tertiary/aromatic N) is 2. The smallest absolute Gasteiger partial charge is 0.305 e.